The molecule has 1 heterocycles. The van der Waals surface area contributed by atoms with Gasteiger partial charge in [-0.1, -0.05) is 30.3 Å². The van der Waals surface area contributed by atoms with Gasteiger partial charge in [-0.15, -0.1) is 0 Å². The van der Waals surface area contributed by atoms with Crippen LogP contribution in [0.1, 0.15) is 18.1 Å². The summed E-state index contributed by atoms with van der Waals surface area (Å²) < 4.78 is 0. The number of nitrogens with one attached hydrogen (secondary N) is 1. The molecule has 2 aromatic rings. The van der Waals surface area contributed by atoms with E-state index in [9.17, 15) is 0 Å². The number of aryl methyl sites for hydroxylation is 1. The Morgan fingerprint density at radius 3 is 2.41 bits per heavy atom. The molecule has 88 valence electrons. The van der Waals surface area contributed by atoms with Crippen molar-refractivity contribution in [2.45, 2.75) is 26.3 Å². The molecule has 0 aliphatic carbocycles. The van der Waals surface area contributed by atoms with E-state index in [0.717, 1.165) is 12.0 Å². The van der Waals surface area contributed by atoms with Crippen molar-refractivity contribution in [3.63, 3.8) is 0 Å². The molecule has 3 nitrogen and oxygen atoms in total. The highest BCUT2D eigenvalue weighted by Gasteiger charge is 2.04. The van der Waals surface area contributed by atoms with E-state index in [-0.39, 0.29) is 0 Å². The largest absolute Gasteiger partial charge is 0.351 e. The van der Waals surface area contributed by atoms with Crippen LogP contribution >= 0.6 is 0 Å². The van der Waals surface area contributed by atoms with Gasteiger partial charge in [0.15, 0.2) is 0 Å². The first-order valence-corrected chi connectivity index (χ1v) is 5.83. The molecule has 1 atom stereocenters. The summed E-state index contributed by atoms with van der Waals surface area (Å²) in [6, 6.07) is 10.7. The second kappa shape index (κ2) is 5.43. The van der Waals surface area contributed by atoms with Crippen LogP contribution in [0.2, 0.25) is 0 Å². The fourth-order valence-electron chi connectivity index (χ4n) is 1.71. The summed E-state index contributed by atoms with van der Waals surface area (Å²) in [5.74, 6) is 0.694. The smallest absolute Gasteiger partial charge is 0.222 e. The minimum absolute atomic E-state index is 0.320. The van der Waals surface area contributed by atoms with Gasteiger partial charge >= 0.3 is 0 Å². The number of anilines is 1. The third-order valence-electron chi connectivity index (χ3n) is 2.54. The topological polar surface area (TPSA) is 37.8 Å². The number of aromatic nitrogens is 2. The summed E-state index contributed by atoms with van der Waals surface area (Å²) in [5.41, 5.74) is 2.39. The molecule has 2 rings (SSSR count). The van der Waals surface area contributed by atoms with Crippen LogP contribution in [-0.2, 0) is 6.42 Å². The maximum Gasteiger partial charge on any atom is 0.222 e. The number of hydrogen-bond donors (Lipinski definition) is 1. The quantitative estimate of drug-likeness (QED) is 0.872. The third kappa shape index (κ3) is 3.55. The second-order valence-electron chi connectivity index (χ2n) is 4.32. The molecule has 1 aromatic carbocycles. The Balaban J connectivity index is 1.93. The van der Waals surface area contributed by atoms with Gasteiger partial charge in [0.1, 0.15) is 0 Å². The molecular weight excluding hydrogens is 210 g/mol. The predicted molar refractivity (Wildman–Crippen MR) is 70.0 cm³/mol. The van der Waals surface area contributed by atoms with Crippen LogP contribution in [0, 0.1) is 6.92 Å². The van der Waals surface area contributed by atoms with Crippen molar-refractivity contribution in [3.05, 3.63) is 53.9 Å². The van der Waals surface area contributed by atoms with Crippen LogP contribution in [0.3, 0.4) is 0 Å². The summed E-state index contributed by atoms with van der Waals surface area (Å²) in [5, 5.41) is 3.30. The Hall–Kier alpha value is -1.90. The molecule has 17 heavy (non-hydrogen) atoms. The monoisotopic (exact) mass is 227 g/mol. The lowest BCUT2D eigenvalue weighted by molar-refractivity contribution is 0.776. The van der Waals surface area contributed by atoms with Crippen molar-refractivity contribution in [3.8, 4) is 0 Å². The van der Waals surface area contributed by atoms with Gasteiger partial charge in [-0.05, 0) is 31.4 Å². The lowest BCUT2D eigenvalue weighted by Gasteiger charge is -2.13. The van der Waals surface area contributed by atoms with Crippen molar-refractivity contribution >= 4 is 5.95 Å². The Kier molecular flexibility index (Phi) is 3.70. The van der Waals surface area contributed by atoms with Crippen LogP contribution in [0.25, 0.3) is 0 Å². The highest BCUT2D eigenvalue weighted by molar-refractivity contribution is 5.27. The fourth-order valence-corrected chi connectivity index (χ4v) is 1.71. The first-order chi connectivity index (χ1) is 8.24. The molecule has 0 fully saturated rings. The lowest BCUT2D eigenvalue weighted by atomic mass is 10.1. The summed E-state index contributed by atoms with van der Waals surface area (Å²) in [6.45, 7) is 4.12. The van der Waals surface area contributed by atoms with Gasteiger partial charge in [0.2, 0.25) is 5.95 Å². The second-order valence-corrected chi connectivity index (χ2v) is 4.32. The lowest BCUT2D eigenvalue weighted by Crippen LogP contribution is -2.19. The molecule has 0 saturated heterocycles. The van der Waals surface area contributed by atoms with E-state index in [1.165, 1.54) is 5.56 Å². The Morgan fingerprint density at radius 2 is 1.76 bits per heavy atom. The Bertz CT molecular complexity index is 451. The summed E-state index contributed by atoms with van der Waals surface area (Å²) >= 11 is 0. The van der Waals surface area contributed by atoms with Crippen LogP contribution in [0.15, 0.2) is 42.7 Å². The molecule has 0 aliphatic heterocycles. The molecule has 0 radical (unpaired) electrons. The average molecular weight is 227 g/mol. The zero-order chi connectivity index (χ0) is 12.1. The molecule has 1 aromatic heterocycles. The van der Waals surface area contributed by atoms with Gasteiger partial charge in [-0.3, -0.25) is 0 Å². The predicted octanol–water partition coefficient (Wildman–Crippen LogP) is 2.83. The van der Waals surface area contributed by atoms with Crippen molar-refractivity contribution in [1.29, 1.82) is 0 Å². The van der Waals surface area contributed by atoms with Gasteiger partial charge < -0.3 is 5.32 Å². The summed E-state index contributed by atoms with van der Waals surface area (Å²) in [6.07, 6.45) is 4.62. The normalized spacial score (nSPS) is 12.1. The first kappa shape index (κ1) is 11.6. The van der Waals surface area contributed by atoms with Crippen molar-refractivity contribution in [1.82, 2.24) is 9.97 Å². The summed E-state index contributed by atoms with van der Waals surface area (Å²) in [4.78, 5) is 8.48. The first-order valence-electron chi connectivity index (χ1n) is 5.83. The molecule has 3 heteroatoms. The van der Waals surface area contributed by atoms with Crippen LogP contribution in [-0.4, -0.2) is 16.0 Å². The summed E-state index contributed by atoms with van der Waals surface area (Å²) in [7, 11) is 0. The molecule has 0 amide bonds. The Labute approximate surface area is 102 Å². The minimum Gasteiger partial charge on any atom is -0.351 e. The third-order valence-corrected chi connectivity index (χ3v) is 2.54. The van der Waals surface area contributed by atoms with Crippen molar-refractivity contribution in [2.75, 3.05) is 5.32 Å². The van der Waals surface area contributed by atoms with Crippen molar-refractivity contribution in [2.24, 2.45) is 0 Å². The van der Waals surface area contributed by atoms with E-state index in [0.29, 0.717) is 12.0 Å². The number of nitrogens with zero attached hydrogens (tertiary/aromatic N) is 2. The highest BCUT2D eigenvalue weighted by Crippen LogP contribution is 2.07. The number of benzene rings is 1. The molecule has 0 saturated carbocycles. The molecule has 1 N–H and O–H groups in total. The van der Waals surface area contributed by atoms with E-state index < -0.39 is 0 Å². The number of rotatable bonds is 4. The van der Waals surface area contributed by atoms with Crippen LogP contribution in [0.5, 0.6) is 0 Å². The molecule has 1 unspecified atom stereocenters. The maximum atomic E-state index is 4.24. The van der Waals surface area contributed by atoms with Crippen LogP contribution < -0.4 is 5.32 Å². The van der Waals surface area contributed by atoms with Gasteiger partial charge in [-0.25, -0.2) is 9.97 Å². The SMILES string of the molecule is Cc1cnc(NC(C)Cc2ccccc2)nc1. The minimum atomic E-state index is 0.320. The number of hydrogen-bond acceptors (Lipinski definition) is 3. The average Bonchev–Trinajstić information content (AvgIpc) is 2.33. The van der Waals surface area contributed by atoms with Gasteiger partial charge in [0.25, 0.3) is 0 Å². The molecule has 0 aliphatic rings. The highest BCUT2D eigenvalue weighted by atomic mass is 15.1. The van der Waals surface area contributed by atoms with E-state index in [1.54, 1.807) is 0 Å². The Morgan fingerprint density at radius 1 is 1.12 bits per heavy atom. The standard InChI is InChI=1S/C14H17N3/c1-11-9-15-14(16-10-11)17-12(2)8-13-6-4-3-5-7-13/h3-7,9-10,12H,8H2,1-2H3,(H,15,16,17). The van der Waals surface area contributed by atoms with E-state index >= 15 is 0 Å². The van der Waals surface area contributed by atoms with E-state index in [4.69, 9.17) is 0 Å². The zero-order valence-electron chi connectivity index (χ0n) is 10.2. The zero-order valence-corrected chi connectivity index (χ0v) is 10.2. The van der Waals surface area contributed by atoms with E-state index in [1.807, 2.05) is 25.4 Å². The molecule has 0 spiro atoms. The molecular formula is C14H17N3. The van der Waals surface area contributed by atoms with E-state index in [2.05, 4.69) is 46.5 Å². The van der Waals surface area contributed by atoms with Crippen molar-refractivity contribution < 1.29 is 0 Å². The fraction of sp³-hybridized carbons (Fsp3) is 0.286. The maximum absolute atomic E-state index is 4.24. The van der Waals surface area contributed by atoms with Crippen LogP contribution in [0.4, 0.5) is 5.95 Å². The van der Waals surface area contributed by atoms with Gasteiger partial charge in [-0.2, -0.15) is 0 Å². The molecule has 0 bridgehead atoms. The van der Waals surface area contributed by atoms with Gasteiger partial charge in [0.05, 0.1) is 0 Å². The van der Waals surface area contributed by atoms with Gasteiger partial charge in [0, 0.05) is 18.4 Å².